The Morgan fingerprint density at radius 3 is 2.54 bits per heavy atom. The van der Waals surface area contributed by atoms with Crippen LogP contribution in [-0.2, 0) is 18.4 Å². The molecule has 2 aromatic rings. The quantitative estimate of drug-likeness (QED) is 0.620. The minimum atomic E-state index is 0.119. The van der Waals surface area contributed by atoms with Gasteiger partial charge in [0.15, 0.2) is 5.96 Å². The molecule has 4 nitrogen and oxygen atoms in total. The van der Waals surface area contributed by atoms with E-state index < -0.39 is 0 Å². The Balaban J connectivity index is 1.86. The Kier molecular flexibility index (Phi) is 6.79. The maximum atomic E-state index is 4.74. The fraction of sp³-hybridized carbons (Fsp3) is 0.474. The van der Waals surface area contributed by atoms with Crippen molar-refractivity contribution in [2.45, 2.75) is 46.1 Å². The van der Waals surface area contributed by atoms with Gasteiger partial charge in [0.05, 0.1) is 17.2 Å². The number of aliphatic imine (C=N–C) groups is 1. The SMILES string of the molecule is CCNC(=NCc1ccccc1)NCCc1nc(C(C)(C)C)cs1. The summed E-state index contributed by atoms with van der Waals surface area (Å²) in [6.45, 7) is 11.0. The zero-order chi connectivity index (χ0) is 17.4. The third-order valence-corrected chi connectivity index (χ3v) is 4.47. The van der Waals surface area contributed by atoms with Crippen LogP contribution in [0.25, 0.3) is 0 Å². The van der Waals surface area contributed by atoms with Crippen LogP contribution in [0.2, 0.25) is 0 Å². The summed E-state index contributed by atoms with van der Waals surface area (Å²) in [6, 6.07) is 10.3. The summed E-state index contributed by atoms with van der Waals surface area (Å²) in [5, 5.41) is 10.0. The highest BCUT2D eigenvalue weighted by atomic mass is 32.1. The first-order valence-corrected chi connectivity index (χ1v) is 9.38. The molecule has 130 valence electrons. The van der Waals surface area contributed by atoms with Crippen LogP contribution in [-0.4, -0.2) is 24.0 Å². The molecule has 0 spiro atoms. The third kappa shape index (κ3) is 5.96. The molecular weight excluding hydrogens is 316 g/mol. The van der Waals surface area contributed by atoms with Crippen LogP contribution in [0.4, 0.5) is 0 Å². The lowest BCUT2D eigenvalue weighted by atomic mass is 9.93. The lowest BCUT2D eigenvalue weighted by Gasteiger charge is -2.14. The molecule has 1 aromatic carbocycles. The summed E-state index contributed by atoms with van der Waals surface area (Å²) in [5.41, 5.74) is 2.51. The molecule has 0 aliphatic rings. The van der Waals surface area contributed by atoms with E-state index in [0.717, 1.165) is 25.5 Å². The predicted molar refractivity (Wildman–Crippen MR) is 104 cm³/mol. The minimum Gasteiger partial charge on any atom is -0.357 e. The fourth-order valence-electron chi connectivity index (χ4n) is 2.15. The predicted octanol–water partition coefficient (Wildman–Crippen LogP) is 3.74. The average molecular weight is 345 g/mol. The number of nitrogens with one attached hydrogen (secondary N) is 2. The second-order valence-electron chi connectivity index (χ2n) is 6.73. The number of hydrogen-bond acceptors (Lipinski definition) is 3. The second kappa shape index (κ2) is 8.83. The standard InChI is InChI=1S/C19H28N4S/c1-5-20-18(22-13-15-9-7-6-8-10-15)21-12-11-17-23-16(14-24-17)19(2,3)4/h6-10,14H,5,11-13H2,1-4H3,(H2,20,21,22). The van der Waals surface area contributed by atoms with Crippen molar-refractivity contribution in [3.8, 4) is 0 Å². The topological polar surface area (TPSA) is 49.3 Å². The van der Waals surface area contributed by atoms with Gasteiger partial charge in [-0.1, -0.05) is 51.1 Å². The number of benzene rings is 1. The molecule has 0 aliphatic carbocycles. The van der Waals surface area contributed by atoms with Gasteiger partial charge in [-0.05, 0) is 12.5 Å². The van der Waals surface area contributed by atoms with E-state index >= 15 is 0 Å². The van der Waals surface area contributed by atoms with Crippen LogP contribution in [0.15, 0.2) is 40.7 Å². The van der Waals surface area contributed by atoms with Gasteiger partial charge in [0.25, 0.3) is 0 Å². The van der Waals surface area contributed by atoms with Crippen molar-refractivity contribution in [1.82, 2.24) is 15.6 Å². The fourth-order valence-corrected chi connectivity index (χ4v) is 3.18. The number of aromatic nitrogens is 1. The molecular formula is C19H28N4S. The van der Waals surface area contributed by atoms with Crippen molar-refractivity contribution < 1.29 is 0 Å². The van der Waals surface area contributed by atoms with Gasteiger partial charge in [-0.2, -0.15) is 0 Å². The molecule has 0 saturated carbocycles. The van der Waals surface area contributed by atoms with Crippen molar-refractivity contribution in [3.05, 3.63) is 52.0 Å². The first-order chi connectivity index (χ1) is 11.5. The van der Waals surface area contributed by atoms with Crippen molar-refractivity contribution in [2.75, 3.05) is 13.1 Å². The van der Waals surface area contributed by atoms with Crippen LogP contribution in [0, 0.1) is 0 Å². The number of rotatable bonds is 6. The molecule has 0 bridgehead atoms. The maximum Gasteiger partial charge on any atom is 0.191 e. The van der Waals surface area contributed by atoms with E-state index in [1.807, 2.05) is 18.2 Å². The monoisotopic (exact) mass is 344 g/mol. The van der Waals surface area contributed by atoms with Gasteiger partial charge in [0.1, 0.15) is 0 Å². The number of nitrogens with zero attached hydrogens (tertiary/aromatic N) is 2. The van der Waals surface area contributed by atoms with E-state index in [9.17, 15) is 0 Å². The minimum absolute atomic E-state index is 0.119. The molecule has 1 aromatic heterocycles. The molecule has 2 N–H and O–H groups in total. The summed E-state index contributed by atoms with van der Waals surface area (Å²) in [4.78, 5) is 9.37. The van der Waals surface area contributed by atoms with Crippen LogP contribution in [0.1, 0.15) is 44.0 Å². The summed E-state index contributed by atoms with van der Waals surface area (Å²) in [7, 11) is 0. The third-order valence-electron chi connectivity index (χ3n) is 3.56. The Morgan fingerprint density at radius 1 is 1.17 bits per heavy atom. The lowest BCUT2D eigenvalue weighted by molar-refractivity contribution is 0.570. The van der Waals surface area contributed by atoms with Crippen molar-refractivity contribution in [2.24, 2.45) is 4.99 Å². The molecule has 0 unspecified atom stereocenters. The molecule has 2 rings (SSSR count). The summed E-state index contributed by atoms with van der Waals surface area (Å²) in [5.74, 6) is 0.856. The summed E-state index contributed by atoms with van der Waals surface area (Å²) in [6.07, 6.45) is 0.913. The smallest absolute Gasteiger partial charge is 0.191 e. The van der Waals surface area contributed by atoms with E-state index in [1.54, 1.807) is 11.3 Å². The van der Waals surface area contributed by atoms with E-state index in [2.05, 4.69) is 60.8 Å². The lowest BCUT2D eigenvalue weighted by Crippen LogP contribution is -2.38. The van der Waals surface area contributed by atoms with E-state index in [1.165, 1.54) is 16.3 Å². The molecule has 5 heteroatoms. The first kappa shape index (κ1) is 18.5. The van der Waals surface area contributed by atoms with Crippen LogP contribution in [0.3, 0.4) is 0 Å². The average Bonchev–Trinajstić information content (AvgIpc) is 3.03. The second-order valence-corrected chi connectivity index (χ2v) is 7.68. The zero-order valence-electron chi connectivity index (χ0n) is 15.1. The van der Waals surface area contributed by atoms with Crippen molar-refractivity contribution in [1.29, 1.82) is 0 Å². The number of thiazole rings is 1. The van der Waals surface area contributed by atoms with E-state index in [0.29, 0.717) is 6.54 Å². The number of guanidine groups is 1. The highest BCUT2D eigenvalue weighted by molar-refractivity contribution is 7.09. The Hall–Kier alpha value is -1.88. The summed E-state index contributed by atoms with van der Waals surface area (Å²) < 4.78 is 0. The van der Waals surface area contributed by atoms with Gasteiger partial charge in [-0.15, -0.1) is 11.3 Å². The Bertz CT molecular complexity index is 641. The zero-order valence-corrected chi connectivity index (χ0v) is 15.9. The largest absolute Gasteiger partial charge is 0.357 e. The number of hydrogen-bond donors (Lipinski definition) is 2. The molecule has 0 saturated heterocycles. The molecule has 24 heavy (non-hydrogen) atoms. The molecule has 1 heterocycles. The Morgan fingerprint density at radius 2 is 1.92 bits per heavy atom. The van der Waals surface area contributed by atoms with Gasteiger partial charge in [-0.25, -0.2) is 9.98 Å². The molecule has 0 amide bonds. The van der Waals surface area contributed by atoms with Gasteiger partial charge in [-0.3, -0.25) is 0 Å². The molecule has 0 radical (unpaired) electrons. The molecule has 0 aliphatic heterocycles. The Labute approximate surface area is 149 Å². The highest BCUT2D eigenvalue weighted by Gasteiger charge is 2.17. The van der Waals surface area contributed by atoms with Crippen LogP contribution in [0.5, 0.6) is 0 Å². The van der Waals surface area contributed by atoms with Crippen molar-refractivity contribution in [3.63, 3.8) is 0 Å². The summed E-state index contributed by atoms with van der Waals surface area (Å²) >= 11 is 1.74. The van der Waals surface area contributed by atoms with Gasteiger partial charge < -0.3 is 10.6 Å². The van der Waals surface area contributed by atoms with Crippen LogP contribution >= 0.6 is 11.3 Å². The molecule has 0 atom stereocenters. The first-order valence-electron chi connectivity index (χ1n) is 8.50. The van der Waals surface area contributed by atoms with Gasteiger partial charge in [0.2, 0.25) is 0 Å². The van der Waals surface area contributed by atoms with Crippen molar-refractivity contribution >= 4 is 17.3 Å². The normalized spacial score (nSPS) is 12.2. The van der Waals surface area contributed by atoms with Gasteiger partial charge in [0, 0.05) is 30.3 Å². The maximum absolute atomic E-state index is 4.74. The highest BCUT2D eigenvalue weighted by Crippen LogP contribution is 2.23. The van der Waals surface area contributed by atoms with E-state index in [4.69, 9.17) is 4.98 Å². The van der Waals surface area contributed by atoms with Crippen LogP contribution < -0.4 is 10.6 Å². The van der Waals surface area contributed by atoms with Gasteiger partial charge >= 0.3 is 0 Å². The van der Waals surface area contributed by atoms with E-state index in [-0.39, 0.29) is 5.41 Å². The molecule has 0 fully saturated rings.